The molecule has 0 aromatic carbocycles. The van der Waals surface area contributed by atoms with E-state index in [9.17, 15) is 4.79 Å². The van der Waals surface area contributed by atoms with Gasteiger partial charge in [0, 0.05) is 6.54 Å². The Hall–Kier alpha value is -0.610. The van der Waals surface area contributed by atoms with Crippen LogP contribution >= 0.6 is 0 Å². The van der Waals surface area contributed by atoms with Crippen LogP contribution in [-0.4, -0.2) is 30.7 Å². The molecule has 2 rings (SSSR count). The van der Waals surface area contributed by atoms with Crippen molar-refractivity contribution in [2.45, 2.75) is 56.7 Å². The molecule has 2 aliphatic rings. The van der Waals surface area contributed by atoms with Gasteiger partial charge in [-0.25, -0.2) is 0 Å². The van der Waals surface area contributed by atoms with E-state index in [1.165, 1.54) is 38.5 Å². The Labute approximate surface area is 96.9 Å². The second-order valence-corrected chi connectivity index (χ2v) is 5.12. The maximum Gasteiger partial charge on any atom is 0.231 e. The molecule has 0 bridgehead atoms. The van der Waals surface area contributed by atoms with Gasteiger partial charge >= 0.3 is 0 Å². The summed E-state index contributed by atoms with van der Waals surface area (Å²) in [6, 6.07) is 0. The summed E-state index contributed by atoms with van der Waals surface area (Å²) >= 11 is 0. The zero-order valence-corrected chi connectivity index (χ0v) is 9.84. The number of hydrogen-bond donors (Lipinski definition) is 2. The van der Waals surface area contributed by atoms with Crippen molar-refractivity contribution in [3.8, 4) is 0 Å². The Balaban J connectivity index is 1.72. The molecule has 1 amide bonds. The molecule has 0 aromatic heterocycles. The van der Waals surface area contributed by atoms with Crippen molar-refractivity contribution < 1.29 is 9.53 Å². The predicted molar refractivity (Wildman–Crippen MR) is 62.0 cm³/mol. The van der Waals surface area contributed by atoms with E-state index >= 15 is 0 Å². The summed E-state index contributed by atoms with van der Waals surface area (Å²) < 4.78 is 6.16. The normalized spacial score (nSPS) is 28.4. The molecule has 1 aliphatic carbocycles. The third-order valence-electron chi connectivity index (χ3n) is 3.77. The summed E-state index contributed by atoms with van der Waals surface area (Å²) in [5, 5.41) is 3.05. The zero-order valence-electron chi connectivity index (χ0n) is 9.84. The van der Waals surface area contributed by atoms with Crippen LogP contribution in [0.4, 0.5) is 0 Å². The summed E-state index contributed by atoms with van der Waals surface area (Å²) in [4.78, 5) is 10.6. The van der Waals surface area contributed by atoms with Crippen molar-refractivity contribution in [2.24, 2.45) is 5.73 Å². The van der Waals surface area contributed by atoms with Crippen LogP contribution in [0.2, 0.25) is 0 Å². The summed E-state index contributed by atoms with van der Waals surface area (Å²) in [7, 11) is 0. The van der Waals surface area contributed by atoms with Crippen LogP contribution in [0.1, 0.15) is 44.9 Å². The summed E-state index contributed by atoms with van der Waals surface area (Å²) in [6.07, 6.45) is 9.00. The van der Waals surface area contributed by atoms with Gasteiger partial charge in [0.2, 0.25) is 5.91 Å². The van der Waals surface area contributed by atoms with Gasteiger partial charge < -0.3 is 15.8 Å². The van der Waals surface area contributed by atoms with Crippen molar-refractivity contribution in [1.82, 2.24) is 5.32 Å². The Morgan fingerprint density at radius 3 is 2.75 bits per heavy atom. The molecule has 1 unspecified atom stereocenters. The van der Waals surface area contributed by atoms with Gasteiger partial charge in [0.1, 0.15) is 0 Å². The van der Waals surface area contributed by atoms with Gasteiger partial charge in [0.05, 0.1) is 18.2 Å². The van der Waals surface area contributed by atoms with E-state index in [0.29, 0.717) is 0 Å². The molecule has 1 aliphatic heterocycles. The minimum Gasteiger partial charge on any atom is -0.370 e. The topological polar surface area (TPSA) is 64.4 Å². The zero-order chi connectivity index (χ0) is 11.4. The minimum absolute atomic E-state index is 0.178. The number of nitrogens with two attached hydrogens (primary N) is 1. The Morgan fingerprint density at radius 1 is 1.31 bits per heavy atom. The van der Waals surface area contributed by atoms with E-state index in [0.717, 1.165) is 13.0 Å². The molecule has 1 heterocycles. The Kier molecular flexibility index (Phi) is 3.82. The molecule has 0 radical (unpaired) electrons. The molecule has 4 nitrogen and oxygen atoms in total. The molecule has 2 fully saturated rings. The van der Waals surface area contributed by atoms with Crippen LogP contribution < -0.4 is 11.1 Å². The van der Waals surface area contributed by atoms with Gasteiger partial charge in [0.15, 0.2) is 0 Å². The number of hydrogen-bond acceptors (Lipinski definition) is 3. The van der Waals surface area contributed by atoms with Gasteiger partial charge in [-0.3, -0.25) is 4.79 Å². The fraction of sp³-hybridized carbons (Fsp3) is 0.917. The number of nitrogens with one attached hydrogen (secondary N) is 1. The third-order valence-corrected chi connectivity index (χ3v) is 3.77. The van der Waals surface area contributed by atoms with Crippen molar-refractivity contribution in [2.75, 3.05) is 13.1 Å². The van der Waals surface area contributed by atoms with E-state index < -0.39 is 0 Å². The molecule has 1 saturated carbocycles. The van der Waals surface area contributed by atoms with Crippen molar-refractivity contribution in [1.29, 1.82) is 0 Å². The van der Waals surface area contributed by atoms with Crippen molar-refractivity contribution in [3.63, 3.8) is 0 Å². The smallest absolute Gasteiger partial charge is 0.231 e. The molecular weight excluding hydrogens is 204 g/mol. The van der Waals surface area contributed by atoms with Crippen molar-refractivity contribution >= 4 is 5.91 Å². The predicted octanol–water partition coefficient (Wildman–Crippen LogP) is 0.943. The number of rotatable bonds is 4. The molecule has 0 aromatic rings. The molecule has 16 heavy (non-hydrogen) atoms. The average molecular weight is 226 g/mol. The number of amides is 1. The highest BCUT2D eigenvalue weighted by Gasteiger charge is 2.40. The fourth-order valence-corrected chi connectivity index (χ4v) is 2.96. The first-order valence-corrected chi connectivity index (χ1v) is 6.37. The highest BCUT2D eigenvalue weighted by atomic mass is 16.5. The van der Waals surface area contributed by atoms with Crippen LogP contribution in [0.15, 0.2) is 0 Å². The van der Waals surface area contributed by atoms with Gasteiger partial charge in [-0.1, -0.05) is 19.3 Å². The standard InChI is InChI=1S/C12H22N2O2/c13-11(15)9-14-8-10-4-7-12(16-10)5-2-1-3-6-12/h10,14H,1-9H2,(H2,13,15). The van der Waals surface area contributed by atoms with Gasteiger partial charge in [-0.15, -0.1) is 0 Å². The number of primary amides is 1. The fourth-order valence-electron chi connectivity index (χ4n) is 2.96. The second kappa shape index (κ2) is 5.15. The molecule has 1 spiro atoms. The lowest BCUT2D eigenvalue weighted by Gasteiger charge is -2.33. The first-order valence-electron chi connectivity index (χ1n) is 6.37. The maximum absolute atomic E-state index is 10.6. The average Bonchev–Trinajstić information content (AvgIpc) is 2.62. The first-order chi connectivity index (χ1) is 7.70. The largest absolute Gasteiger partial charge is 0.370 e. The quantitative estimate of drug-likeness (QED) is 0.750. The van der Waals surface area contributed by atoms with Crippen molar-refractivity contribution in [3.05, 3.63) is 0 Å². The van der Waals surface area contributed by atoms with E-state index in [1.807, 2.05) is 0 Å². The lowest BCUT2D eigenvalue weighted by molar-refractivity contribution is -0.117. The Morgan fingerprint density at radius 2 is 2.06 bits per heavy atom. The van der Waals surface area contributed by atoms with Crippen LogP contribution in [0.5, 0.6) is 0 Å². The molecule has 4 heteroatoms. The van der Waals surface area contributed by atoms with Gasteiger partial charge in [0.25, 0.3) is 0 Å². The summed E-state index contributed by atoms with van der Waals surface area (Å²) in [6.45, 7) is 1.01. The molecule has 1 saturated heterocycles. The summed E-state index contributed by atoms with van der Waals surface area (Å²) in [5.41, 5.74) is 5.25. The lowest BCUT2D eigenvalue weighted by Crippen LogP contribution is -2.37. The summed E-state index contributed by atoms with van der Waals surface area (Å²) in [5.74, 6) is -0.301. The Bertz CT molecular complexity index is 249. The number of ether oxygens (including phenoxy) is 1. The van der Waals surface area contributed by atoms with Gasteiger partial charge in [-0.05, 0) is 25.7 Å². The van der Waals surface area contributed by atoms with E-state index in [-0.39, 0.29) is 24.2 Å². The number of carbonyl (C=O) groups is 1. The SMILES string of the molecule is NC(=O)CNCC1CCC2(CCCCC2)O1. The van der Waals surface area contributed by atoms with Crippen LogP contribution in [0.25, 0.3) is 0 Å². The molecule has 92 valence electrons. The highest BCUT2D eigenvalue weighted by molar-refractivity contribution is 5.75. The van der Waals surface area contributed by atoms with Crippen LogP contribution in [-0.2, 0) is 9.53 Å². The van der Waals surface area contributed by atoms with E-state index in [2.05, 4.69) is 5.32 Å². The minimum atomic E-state index is -0.301. The first kappa shape index (κ1) is 11.9. The number of carbonyl (C=O) groups excluding carboxylic acids is 1. The lowest BCUT2D eigenvalue weighted by atomic mass is 9.83. The van der Waals surface area contributed by atoms with Gasteiger partial charge in [-0.2, -0.15) is 0 Å². The van der Waals surface area contributed by atoms with E-state index in [1.54, 1.807) is 0 Å². The monoisotopic (exact) mass is 226 g/mol. The maximum atomic E-state index is 10.6. The third kappa shape index (κ3) is 2.95. The van der Waals surface area contributed by atoms with E-state index in [4.69, 9.17) is 10.5 Å². The molecular formula is C12H22N2O2. The van der Waals surface area contributed by atoms with Crippen LogP contribution in [0.3, 0.4) is 0 Å². The van der Waals surface area contributed by atoms with Crippen LogP contribution in [0, 0.1) is 0 Å². The highest BCUT2D eigenvalue weighted by Crippen LogP contribution is 2.41. The second-order valence-electron chi connectivity index (χ2n) is 5.12. The molecule has 1 atom stereocenters. The molecule has 3 N–H and O–H groups in total.